The Kier molecular flexibility index (Phi) is 7.23. The lowest BCUT2D eigenvalue weighted by Crippen LogP contribution is -2.07. The van der Waals surface area contributed by atoms with E-state index in [2.05, 4.69) is 4.98 Å². The van der Waals surface area contributed by atoms with Gasteiger partial charge in [-0.1, -0.05) is 38.1 Å². The average Bonchev–Trinajstić information content (AvgIpc) is 2.78. The van der Waals surface area contributed by atoms with E-state index in [0.29, 0.717) is 18.6 Å². The van der Waals surface area contributed by atoms with Crippen molar-refractivity contribution in [1.82, 2.24) is 4.98 Å². The Bertz CT molecular complexity index is 1140. The molecule has 1 heterocycles. The van der Waals surface area contributed by atoms with Crippen molar-refractivity contribution in [3.8, 4) is 5.75 Å². The van der Waals surface area contributed by atoms with Gasteiger partial charge in [0, 0.05) is 25.2 Å². The van der Waals surface area contributed by atoms with Crippen molar-refractivity contribution in [2.24, 2.45) is 0 Å². The van der Waals surface area contributed by atoms with Gasteiger partial charge in [-0.05, 0) is 59.4 Å². The number of pyridine rings is 1. The first-order valence-electron chi connectivity index (χ1n) is 10.2. The lowest BCUT2D eigenvalue weighted by atomic mass is 10.0. The van der Waals surface area contributed by atoms with E-state index in [1.807, 2.05) is 32.0 Å². The molecule has 1 aromatic heterocycles. The maximum Gasteiger partial charge on any atom is 0.210 e. The third-order valence-corrected chi connectivity index (χ3v) is 6.98. The summed E-state index contributed by atoms with van der Waals surface area (Å²) in [5.41, 5.74) is 2.74. The fraction of sp³-hybridized carbons (Fsp3) is 0.280. The van der Waals surface area contributed by atoms with Crippen molar-refractivity contribution < 1.29 is 17.9 Å². The molecule has 0 amide bonds. The van der Waals surface area contributed by atoms with E-state index in [1.54, 1.807) is 48.8 Å². The number of hydrogen-bond acceptors (Lipinski definition) is 5. The molecule has 0 radical (unpaired) electrons. The molecular formula is C25H27NO4S. The summed E-state index contributed by atoms with van der Waals surface area (Å²) in [7, 11) is -2.28. The van der Waals surface area contributed by atoms with Crippen LogP contribution in [-0.2, 0) is 27.5 Å². The van der Waals surface area contributed by atoms with Crippen molar-refractivity contribution in [2.45, 2.75) is 48.8 Å². The summed E-state index contributed by atoms with van der Waals surface area (Å²) in [5, 5.41) is 0. The summed E-state index contributed by atoms with van der Waals surface area (Å²) in [4.78, 5) is 16.7. The second kappa shape index (κ2) is 9.88. The molecule has 6 heteroatoms. The molecule has 0 N–H and O–H groups in total. The summed E-state index contributed by atoms with van der Waals surface area (Å²) in [5.74, 6) is 0.615. The zero-order chi connectivity index (χ0) is 22.4. The van der Waals surface area contributed by atoms with Crippen molar-refractivity contribution >= 4 is 15.6 Å². The Hall–Kier alpha value is -2.99. The molecule has 0 aliphatic carbocycles. The number of ketones is 1. The van der Waals surface area contributed by atoms with Gasteiger partial charge in [-0.2, -0.15) is 0 Å². The zero-order valence-corrected chi connectivity index (χ0v) is 18.9. The SMILES string of the molecule is COc1ccc(C(C)C)cc1S(=O)(=O)c1ccc(CC(=O)CCc2cccnc2)cc1. The van der Waals surface area contributed by atoms with Crippen LogP contribution in [0, 0.1) is 0 Å². The van der Waals surface area contributed by atoms with Crippen molar-refractivity contribution in [2.75, 3.05) is 7.11 Å². The Morgan fingerprint density at radius 2 is 1.77 bits per heavy atom. The number of sulfone groups is 1. The van der Waals surface area contributed by atoms with Gasteiger partial charge in [-0.25, -0.2) is 8.42 Å². The largest absolute Gasteiger partial charge is 0.495 e. The fourth-order valence-corrected chi connectivity index (χ4v) is 4.78. The van der Waals surface area contributed by atoms with Gasteiger partial charge in [0.15, 0.2) is 0 Å². The summed E-state index contributed by atoms with van der Waals surface area (Å²) in [6.07, 6.45) is 4.80. The van der Waals surface area contributed by atoms with E-state index < -0.39 is 9.84 Å². The van der Waals surface area contributed by atoms with Gasteiger partial charge >= 0.3 is 0 Å². The molecule has 0 fully saturated rings. The molecule has 3 aromatic rings. The highest BCUT2D eigenvalue weighted by Gasteiger charge is 2.23. The van der Waals surface area contributed by atoms with E-state index in [0.717, 1.165) is 16.7 Å². The van der Waals surface area contributed by atoms with Crippen LogP contribution in [0.1, 0.15) is 42.9 Å². The van der Waals surface area contributed by atoms with Crippen LogP contribution in [-0.4, -0.2) is 26.3 Å². The van der Waals surface area contributed by atoms with E-state index in [-0.39, 0.29) is 27.9 Å². The van der Waals surface area contributed by atoms with Crippen LogP contribution in [0.15, 0.2) is 76.8 Å². The molecule has 0 aliphatic rings. The monoisotopic (exact) mass is 437 g/mol. The third kappa shape index (κ3) is 5.58. The number of ether oxygens (including phenoxy) is 1. The summed E-state index contributed by atoms with van der Waals surface area (Å²) >= 11 is 0. The highest BCUT2D eigenvalue weighted by Crippen LogP contribution is 2.32. The lowest BCUT2D eigenvalue weighted by molar-refractivity contribution is -0.118. The van der Waals surface area contributed by atoms with Crippen LogP contribution in [0.5, 0.6) is 5.75 Å². The number of carbonyl (C=O) groups excluding carboxylic acids is 1. The Balaban J connectivity index is 1.74. The molecule has 5 nitrogen and oxygen atoms in total. The maximum absolute atomic E-state index is 13.2. The first kappa shape index (κ1) is 22.7. The molecule has 0 aliphatic heterocycles. The van der Waals surface area contributed by atoms with Gasteiger partial charge < -0.3 is 4.74 Å². The normalized spacial score (nSPS) is 11.5. The average molecular weight is 438 g/mol. The molecule has 0 atom stereocenters. The second-order valence-corrected chi connectivity index (χ2v) is 9.71. The topological polar surface area (TPSA) is 73.3 Å². The standard InChI is InChI=1S/C25H27NO4S/c1-18(2)21-9-13-24(30-3)25(16-21)31(28,29)23-11-7-19(8-12-23)15-22(27)10-6-20-5-4-14-26-17-20/h4-5,7-9,11-14,16-18H,6,10,15H2,1-3H3. The predicted octanol–water partition coefficient (Wildman–Crippen LogP) is 4.79. The smallest absolute Gasteiger partial charge is 0.210 e. The number of Topliss-reactive ketones (excluding diaryl/α,β-unsaturated/α-hetero) is 1. The molecule has 0 unspecified atom stereocenters. The van der Waals surface area contributed by atoms with Gasteiger partial charge in [0.2, 0.25) is 9.84 Å². The molecule has 3 rings (SSSR count). The molecule has 0 bridgehead atoms. The number of hydrogen-bond donors (Lipinski definition) is 0. The number of carbonyl (C=O) groups is 1. The molecule has 2 aromatic carbocycles. The first-order valence-corrected chi connectivity index (χ1v) is 11.7. The van der Waals surface area contributed by atoms with Crippen LogP contribution in [0.3, 0.4) is 0 Å². The number of aromatic nitrogens is 1. The number of rotatable bonds is 9. The van der Waals surface area contributed by atoms with E-state index in [4.69, 9.17) is 4.74 Å². The molecule has 162 valence electrons. The summed E-state index contributed by atoms with van der Waals surface area (Å²) < 4.78 is 31.8. The molecule has 0 spiro atoms. The Morgan fingerprint density at radius 1 is 1.03 bits per heavy atom. The molecule has 0 saturated carbocycles. The fourth-order valence-electron chi connectivity index (χ4n) is 3.32. The number of methoxy groups -OCH3 is 1. The second-order valence-electron chi connectivity index (χ2n) is 7.79. The minimum atomic E-state index is -3.75. The molecule has 31 heavy (non-hydrogen) atoms. The minimum absolute atomic E-state index is 0.103. The zero-order valence-electron chi connectivity index (χ0n) is 18.0. The van der Waals surface area contributed by atoms with Crippen molar-refractivity contribution in [3.63, 3.8) is 0 Å². The lowest BCUT2D eigenvalue weighted by Gasteiger charge is -2.13. The summed E-state index contributed by atoms with van der Waals surface area (Å²) in [6.45, 7) is 4.02. The van der Waals surface area contributed by atoms with Crippen LogP contribution < -0.4 is 4.74 Å². The van der Waals surface area contributed by atoms with Crippen molar-refractivity contribution in [1.29, 1.82) is 0 Å². The Morgan fingerprint density at radius 3 is 2.39 bits per heavy atom. The predicted molar refractivity (Wildman–Crippen MR) is 120 cm³/mol. The summed E-state index contributed by atoms with van der Waals surface area (Å²) in [6, 6.07) is 15.6. The van der Waals surface area contributed by atoms with Gasteiger partial charge in [0.05, 0.1) is 12.0 Å². The minimum Gasteiger partial charge on any atom is -0.495 e. The highest BCUT2D eigenvalue weighted by molar-refractivity contribution is 7.91. The van der Waals surface area contributed by atoms with Crippen molar-refractivity contribution in [3.05, 3.63) is 83.7 Å². The van der Waals surface area contributed by atoms with Gasteiger partial charge in [-0.15, -0.1) is 0 Å². The van der Waals surface area contributed by atoms with Gasteiger partial charge in [0.25, 0.3) is 0 Å². The van der Waals surface area contributed by atoms with E-state index in [1.165, 1.54) is 7.11 Å². The molecule has 0 saturated heterocycles. The number of benzene rings is 2. The first-order chi connectivity index (χ1) is 14.8. The number of aryl methyl sites for hydroxylation is 1. The van der Waals surface area contributed by atoms with Crippen LogP contribution >= 0.6 is 0 Å². The van der Waals surface area contributed by atoms with Crippen LogP contribution in [0.4, 0.5) is 0 Å². The maximum atomic E-state index is 13.2. The third-order valence-electron chi connectivity index (χ3n) is 5.19. The van der Waals surface area contributed by atoms with E-state index >= 15 is 0 Å². The van der Waals surface area contributed by atoms with E-state index in [9.17, 15) is 13.2 Å². The van der Waals surface area contributed by atoms with Crippen LogP contribution in [0.25, 0.3) is 0 Å². The van der Waals surface area contributed by atoms with Crippen LogP contribution in [0.2, 0.25) is 0 Å². The quantitative estimate of drug-likeness (QED) is 0.481. The van der Waals surface area contributed by atoms with Gasteiger partial charge in [0.1, 0.15) is 16.4 Å². The molecular weight excluding hydrogens is 410 g/mol. The van der Waals surface area contributed by atoms with Gasteiger partial charge in [-0.3, -0.25) is 9.78 Å². The Labute approximate surface area is 184 Å². The highest BCUT2D eigenvalue weighted by atomic mass is 32.2. The number of nitrogens with zero attached hydrogens (tertiary/aromatic N) is 1.